The number of esters is 1. The zero-order valence-electron chi connectivity index (χ0n) is 11.9. The summed E-state index contributed by atoms with van der Waals surface area (Å²) in [6, 6.07) is 4.74. The molecule has 114 valence electrons. The van der Waals surface area contributed by atoms with E-state index in [1.54, 1.807) is 6.07 Å². The fraction of sp³-hybridized carbons (Fsp3) is 0.467. The van der Waals surface area contributed by atoms with Gasteiger partial charge in [0.25, 0.3) is 5.91 Å². The Morgan fingerprint density at radius 3 is 2.57 bits per heavy atom. The number of nitrogens with one attached hydrogen (secondary N) is 1. The van der Waals surface area contributed by atoms with Gasteiger partial charge in [-0.25, -0.2) is 4.79 Å². The Balaban J connectivity index is 1.81. The van der Waals surface area contributed by atoms with Gasteiger partial charge in [0, 0.05) is 17.4 Å². The Hall–Kier alpha value is -2.24. The van der Waals surface area contributed by atoms with Crippen molar-refractivity contribution in [1.29, 1.82) is 0 Å². The molecule has 1 saturated carbocycles. The quantitative estimate of drug-likeness (QED) is 0.575. The molecule has 0 bridgehead atoms. The summed E-state index contributed by atoms with van der Waals surface area (Å²) in [5.74, 6) is -0.893. The minimum absolute atomic E-state index is 0.201. The molecule has 0 unspecified atom stereocenters. The lowest BCUT2D eigenvalue weighted by molar-refractivity contribution is -0.125. The number of carbonyl (C=O) groups is 2. The van der Waals surface area contributed by atoms with Gasteiger partial charge in [0.15, 0.2) is 6.61 Å². The first-order chi connectivity index (χ1) is 10.1. The van der Waals surface area contributed by atoms with Crippen LogP contribution >= 0.6 is 0 Å². The van der Waals surface area contributed by atoms with Crippen LogP contribution < -0.4 is 16.8 Å². The lowest BCUT2D eigenvalue weighted by Crippen LogP contribution is -2.38. The highest BCUT2D eigenvalue weighted by molar-refractivity contribution is 5.96. The Morgan fingerprint density at radius 2 is 1.90 bits per heavy atom. The molecule has 0 atom stereocenters. The van der Waals surface area contributed by atoms with Gasteiger partial charge < -0.3 is 21.5 Å². The third-order valence-corrected chi connectivity index (χ3v) is 3.60. The summed E-state index contributed by atoms with van der Waals surface area (Å²) in [5.41, 5.74) is 12.2. The molecule has 0 heterocycles. The maximum Gasteiger partial charge on any atom is 0.340 e. The molecule has 5 N–H and O–H groups in total. The summed E-state index contributed by atoms with van der Waals surface area (Å²) in [5, 5.41) is 2.88. The molecule has 1 fully saturated rings. The van der Waals surface area contributed by atoms with Crippen LogP contribution in [0.1, 0.15) is 42.5 Å². The van der Waals surface area contributed by atoms with Gasteiger partial charge >= 0.3 is 5.97 Å². The van der Waals surface area contributed by atoms with Gasteiger partial charge in [-0.3, -0.25) is 4.79 Å². The molecule has 1 aliphatic carbocycles. The van der Waals surface area contributed by atoms with Gasteiger partial charge in [0.1, 0.15) is 0 Å². The minimum Gasteiger partial charge on any atom is -0.452 e. The van der Waals surface area contributed by atoms with Crippen LogP contribution in [0.25, 0.3) is 0 Å². The van der Waals surface area contributed by atoms with Crippen LogP contribution in [0.5, 0.6) is 0 Å². The van der Waals surface area contributed by atoms with Crippen LogP contribution in [0.15, 0.2) is 18.2 Å². The predicted octanol–water partition coefficient (Wildman–Crippen LogP) is 1.46. The topological polar surface area (TPSA) is 107 Å². The van der Waals surface area contributed by atoms with Crippen LogP contribution in [0.2, 0.25) is 0 Å². The highest BCUT2D eigenvalue weighted by Gasteiger charge is 2.17. The average molecular weight is 291 g/mol. The zero-order chi connectivity index (χ0) is 15.2. The van der Waals surface area contributed by atoms with E-state index < -0.39 is 5.97 Å². The van der Waals surface area contributed by atoms with E-state index in [2.05, 4.69) is 5.32 Å². The van der Waals surface area contributed by atoms with Crippen LogP contribution in [-0.4, -0.2) is 24.5 Å². The van der Waals surface area contributed by atoms with Crippen molar-refractivity contribution in [3.05, 3.63) is 23.8 Å². The number of nitrogen functional groups attached to an aromatic ring is 2. The predicted molar refractivity (Wildman–Crippen MR) is 80.6 cm³/mol. The number of hydrogen-bond acceptors (Lipinski definition) is 5. The second-order valence-electron chi connectivity index (χ2n) is 5.33. The number of rotatable bonds is 4. The molecular weight excluding hydrogens is 270 g/mol. The third-order valence-electron chi connectivity index (χ3n) is 3.60. The van der Waals surface area contributed by atoms with E-state index in [1.807, 2.05) is 0 Å². The van der Waals surface area contributed by atoms with Crippen molar-refractivity contribution in [2.45, 2.75) is 38.1 Å². The molecule has 6 nitrogen and oxygen atoms in total. The molecule has 1 amide bonds. The van der Waals surface area contributed by atoms with Crippen molar-refractivity contribution in [3.8, 4) is 0 Å². The number of anilines is 2. The van der Waals surface area contributed by atoms with Gasteiger partial charge in [0.2, 0.25) is 0 Å². The molecule has 0 spiro atoms. The monoisotopic (exact) mass is 291 g/mol. The maximum absolute atomic E-state index is 11.9. The number of ether oxygens (including phenoxy) is 1. The molecule has 0 saturated heterocycles. The molecule has 0 radical (unpaired) electrons. The van der Waals surface area contributed by atoms with Crippen molar-refractivity contribution in [3.63, 3.8) is 0 Å². The SMILES string of the molecule is Nc1ccc(C(=O)OCC(=O)NC2CCCCC2)c(N)c1. The van der Waals surface area contributed by atoms with Crippen molar-refractivity contribution in [1.82, 2.24) is 5.32 Å². The maximum atomic E-state index is 11.9. The molecule has 21 heavy (non-hydrogen) atoms. The van der Waals surface area contributed by atoms with Crippen LogP contribution in [-0.2, 0) is 9.53 Å². The number of hydrogen-bond donors (Lipinski definition) is 3. The standard InChI is InChI=1S/C15H21N3O3/c16-10-6-7-12(13(17)8-10)15(20)21-9-14(19)18-11-4-2-1-3-5-11/h6-8,11H,1-5,9,16-17H2,(H,18,19). The molecule has 1 aromatic carbocycles. The summed E-state index contributed by atoms with van der Waals surface area (Å²) < 4.78 is 4.98. The summed E-state index contributed by atoms with van der Waals surface area (Å²) >= 11 is 0. The van der Waals surface area contributed by atoms with E-state index in [0.717, 1.165) is 25.7 Å². The van der Waals surface area contributed by atoms with Gasteiger partial charge in [0.05, 0.1) is 5.56 Å². The molecule has 0 aromatic heterocycles. The van der Waals surface area contributed by atoms with E-state index in [9.17, 15) is 9.59 Å². The lowest BCUT2D eigenvalue weighted by atomic mass is 9.95. The van der Waals surface area contributed by atoms with Crippen molar-refractivity contribution in [2.24, 2.45) is 0 Å². The van der Waals surface area contributed by atoms with Crippen molar-refractivity contribution in [2.75, 3.05) is 18.1 Å². The molecule has 6 heteroatoms. The Labute approximate surface area is 123 Å². The number of amides is 1. The van der Waals surface area contributed by atoms with E-state index in [4.69, 9.17) is 16.2 Å². The van der Waals surface area contributed by atoms with Crippen LogP contribution in [0.4, 0.5) is 11.4 Å². The summed E-state index contributed by atoms with van der Waals surface area (Å²) in [7, 11) is 0. The normalized spacial score (nSPS) is 15.4. The zero-order valence-corrected chi connectivity index (χ0v) is 11.9. The number of nitrogens with two attached hydrogens (primary N) is 2. The first-order valence-electron chi connectivity index (χ1n) is 7.18. The molecule has 2 rings (SSSR count). The minimum atomic E-state index is -0.619. The van der Waals surface area contributed by atoms with Crippen molar-refractivity contribution >= 4 is 23.3 Å². The summed E-state index contributed by atoms with van der Waals surface area (Å²) in [6.45, 7) is -0.293. The van der Waals surface area contributed by atoms with E-state index in [-0.39, 0.29) is 29.8 Å². The Kier molecular flexibility index (Phi) is 5.03. The van der Waals surface area contributed by atoms with Crippen LogP contribution in [0.3, 0.4) is 0 Å². The molecule has 0 aliphatic heterocycles. The van der Waals surface area contributed by atoms with Gasteiger partial charge in [-0.05, 0) is 31.0 Å². The summed E-state index contributed by atoms with van der Waals surface area (Å²) in [6.07, 6.45) is 5.46. The fourth-order valence-electron chi connectivity index (χ4n) is 2.49. The van der Waals surface area contributed by atoms with Crippen molar-refractivity contribution < 1.29 is 14.3 Å². The summed E-state index contributed by atoms with van der Waals surface area (Å²) in [4.78, 5) is 23.6. The fourth-order valence-corrected chi connectivity index (χ4v) is 2.49. The highest BCUT2D eigenvalue weighted by atomic mass is 16.5. The number of benzene rings is 1. The largest absolute Gasteiger partial charge is 0.452 e. The molecule has 1 aromatic rings. The van der Waals surface area contributed by atoms with E-state index in [1.165, 1.54) is 18.6 Å². The molecule has 1 aliphatic rings. The Morgan fingerprint density at radius 1 is 1.19 bits per heavy atom. The average Bonchev–Trinajstić information content (AvgIpc) is 2.46. The van der Waals surface area contributed by atoms with Gasteiger partial charge in [-0.15, -0.1) is 0 Å². The first kappa shape index (κ1) is 15.2. The van der Waals surface area contributed by atoms with Gasteiger partial charge in [-0.2, -0.15) is 0 Å². The molecular formula is C15H21N3O3. The van der Waals surface area contributed by atoms with E-state index in [0.29, 0.717) is 5.69 Å². The van der Waals surface area contributed by atoms with Crippen LogP contribution in [0, 0.1) is 0 Å². The first-order valence-corrected chi connectivity index (χ1v) is 7.18. The Bertz CT molecular complexity index is 525. The number of carbonyl (C=O) groups excluding carboxylic acids is 2. The van der Waals surface area contributed by atoms with Gasteiger partial charge in [-0.1, -0.05) is 19.3 Å². The second-order valence-corrected chi connectivity index (χ2v) is 5.33. The highest BCUT2D eigenvalue weighted by Crippen LogP contribution is 2.18. The lowest BCUT2D eigenvalue weighted by Gasteiger charge is -2.22. The third kappa shape index (κ3) is 4.37. The second kappa shape index (κ2) is 6.97. The smallest absolute Gasteiger partial charge is 0.340 e. The van der Waals surface area contributed by atoms with E-state index >= 15 is 0 Å².